The molecule has 9 aromatic rings. The molecule has 44 heavy (non-hydrogen) atoms. The van der Waals surface area contributed by atoms with Gasteiger partial charge in [0.2, 0.25) is 11.8 Å². The molecule has 0 saturated carbocycles. The number of rotatable bonds is 2. The van der Waals surface area contributed by atoms with Crippen LogP contribution in [-0.4, -0.2) is 19.5 Å². The van der Waals surface area contributed by atoms with E-state index in [1.165, 1.54) is 5.39 Å². The molecule has 5 heteroatoms. The third kappa shape index (κ3) is 3.15. The average Bonchev–Trinajstić information content (AvgIpc) is 3.42. The smallest absolute Gasteiger partial charge is 0.235 e. The van der Waals surface area contributed by atoms with Crippen LogP contribution in [0.2, 0.25) is 0 Å². The van der Waals surface area contributed by atoms with Crippen molar-refractivity contribution in [3.05, 3.63) is 134 Å². The van der Waals surface area contributed by atoms with Gasteiger partial charge in [0, 0.05) is 38.9 Å². The summed E-state index contributed by atoms with van der Waals surface area (Å²) >= 11 is 0. The molecule has 1 aliphatic rings. The normalized spacial score (nSPS) is 12.3. The van der Waals surface area contributed by atoms with Crippen molar-refractivity contribution in [1.29, 1.82) is 0 Å². The molecule has 204 valence electrons. The van der Waals surface area contributed by atoms with Gasteiger partial charge >= 0.3 is 0 Å². The van der Waals surface area contributed by atoms with E-state index in [1.54, 1.807) is 0 Å². The monoisotopic (exact) mass is 562 g/mol. The first kappa shape index (κ1) is 23.5. The van der Waals surface area contributed by atoms with E-state index in [2.05, 4.69) is 119 Å². The van der Waals surface area contributed by atoms with Crippen molar-refractivity contribution in [3.63, 3.8) is 0 Å². The van der Waals surface area contributed by atoms with Crippen LogP contribution in [0.4, 0.5) is 0 Å². The molecule has 10 rings (SSSR count). The zero-order valence-corrected chi connectivity index (χ0v) is 23.4. The SMILES string of the molecule is c1ccc2c(c1)Oc1nccc3c1c-2cc1c2ccccc2n(-c2nc(-c4cccc5ccccc45)c4ccccc4n2)c31. The summed E-state index contributed by atoms with van der Waals surface area (Å²) in [5.41, 5.74) is 7.17. The van der Waals surface area contributed by atoms with Gasteiger partial charge in [0.1, 0.15) is 5.75 Å². The second-order valence-electron chi connectivity index (χ2n) is 11.2. The second kappa shape index (κ2) is 8.72. The number of hydrogen-bond acceptors (Lipinski definition) is 4. The molecule has 3 aromatic heterocycles. The standard InChI is InChI=1S/C39H22N4O/c1-2-12-24-23(10-1)11-9-16-27(24)36-28-15-3-6-17-32(28)41-39(42-36)43-33-18-7-4-13-25(33)31-22-30-26-14-5-8-19-34(26)44-38-35(30)29(37(31)43)20-21-40-38/h1-22H. The van der Waals surface area contributed by atoms with Crippen molar-refractivity contribution in [3.8, 4) is 40.0 Å². The van der Waals surface area contributed by atoms with Crippen LogP contribution in [0, 0.1) is 0 Å². The third-order valence-corrected chi connectivity index (χ3v) is 8.86. The average molecular weight is 563 g/mol. The minimum absolute atomic E-state index is 0.616. The van der Waals surface area contributed by atoms with E-state index >= 15 is 0 Å². The van der Waals surface area contributed by atoms with E-state index in [4.69, 9.17) is 14.7 Å². The van der Waals surface area contributed by atoms with Gasteiger partial charge in [-0.3, -0.25) is 4.57 Å². The molecule has 0 amide bonds. The van der Waals surface area contributed by atoms with Crippen molar-refractivity contribution < 1.29 is 4.74 Å². The third-order valence-electron chi connectivity index (χ3n) is 8.86. The molecule has 0 aliphatic carbocycles. The van der Waals surface area contributed by atoms with Crippen LogP contribution in [0.15, 0.2) is 134 Å². The Balaban J connectivity index is 1.37. The van der Waals surface area contributed by atoms with Gasteiger partial charge < -0.3 is 4.74 Å². The summed E-state index contributed by atoms with van der Waals surface area (Å²) in [5.74, 6) is 2.06. The fourth-order valence-electron chi connectivity index (χ4n) is 6.97. The van der Waals surface area contributed by atoms with E-state index in [0.717, 1.165) is 77.0 Å². The molecule has 0 atom stereocenters. The lowest BCUT2D eigenvalue weighted by Crippen LogP contribution is -2.05. The highest BCUT2D eigenvalue weighted by Gasteiger charge is 2.26. The molecule has 0 saturated heterocycles. The lowest BCUT2D eigenvalue weighted by Gasteiger charge is -2.21. The van der Waals surface area contributed by atoms with Crippen LogP contribution in [0.1, 0.15) is 0 Å². The van der Waals surface area contributed by atoms with Gasteiger partial charge in [0.15, 0.2) is 0 Å². The molecule has 1 aliphatic heterocycles. The van der Waals surface area contributed by atoms with Crippen molar-refractivity contribution in [1.82, 2.24) is 19.5 Å². The summed E-state index contributed by atoms with van der Waals surface area (Å²) in [6.45, 7) is 0. The topological polar surface area (TPSA) is 52.8 Å². The Labute approximate surface area is 251 Å². The largest absolute Gasteiger partial charge is 0.438 e. The predicted molar refractivity (Wildman–Crippen MR) is 178 cm³/mol. The first-order valence-corrected chi connectivity index (χ1v) is 14.7. The number of benzene rings is 6. The van der Waals surface area contributed by atoms with Gasteiger partial charge in [-0.15, -0.1) is 0 Å². The van der Waals surface area contributed by atoms with E-state index in [9.17, 15) is 0 Å². The predicted octanol–water partition coefficient (Wildman–Crippen LogP) is 9.87. The Morgan fingerprint density at radius 3 is 2.25 bits per heavy atom. The molecule has 0 N–H and O–H groups in total. The van der Waals surface area contributed by atoms with Crippen LogP contribution in [0.25, 0.3) is 82.6 Å². The van der Waals surface area contributed by atoms with Crippen molar-refractivity contribution in [2.24, 2.45) is 0 Å². The van der Waals surface area contributed by atoms with Gasteiger partial charge in [0.05, 0.1) is 27.6 Å². The van der Waals surface area contributed by atoms with Crippen LogP contribution < -0.4 is 4.74 Å². The van der Waals surface area contributed by atoms with Gasteiger partial charge in [-0.2, -0.15) is 0 Å². The van der Waals surface area contributed by atoms with Gasteiger partial charge in [-0.1, -0.05) is 97.1 Å². The Bertz CT molecular complexity index is 2650. The highest BCUT2D eigenvalue weighted by Crippen LogP contribution is 2.49. The molecule has 0 unspecified atom stereocenters. The fraction of sp³-hybridized carbons (Fsp3) is 0. The van der Waals surface area contributed by atoms with Crippen LogP contribution in [0.5, 0.6) is 11.6 Å². The minimum Gasteiger partial charge on any atom is -0.438 e. The maximum atomic E-state index is 6.34. The summed E-state index contributed by atoms with van der Waals surface area (Å²) < 4.78 is 8.56. The van der Waals surface area contributed by atoms with Gasteiger partial charge in [-0.25, -0.2) is 15.0 Å². The molecule has 6 aromatic carbocycles. The second-order valence-corrected chi connectivity index (χ2v) is 11.2. The lowest BCUT2D eigenvalue weighted by molar-refractivity contribution is 0.468. The maximum Gasteiger partial charge on any atom is 0.235 e. The number of ether oxygens (including phenoxy) is 1. The molecule has 5 nitrogen and oxygen atoms in total. The summed E-state index contributed by atoms with van der Waals surface area (Å²) in [7, 11) is 0. The number of pyridine rings is 1. The Morgan fingerprint density at radius 1 is 0.545 bits per heavy atom. The van der Waals surface area contributed by atoms with Crippen molar-refractivity contribution >= 4 is 54.3 Å². The molecule has 0 spiro atoms. The Kier molecular flexibility index (Phi) is 4.66. The molecular formula is C39H22N4O. The highest BCUT2D eigenvalue weighted by atomic mass is 16.5. The molecular weight excluding hydrogens is 540 g/mol. The molecule has 4 heterocycles. The first-order valence-electron chi connectivity index (χ1n) is 14.7. The molecule has 0 fully saturated rings. The van der Waals surface area contributed by atoms with Gasteiger partial charge in [-0.05, 0) is 46.7 Å². The molecule has 0 bridgehead atoms. The van der Waals surface area contributed by atoms with Gasteiger partial charge in [0.25, 0.3) is 0 Å². The number of aromatic nitrogens is 4. The zero-order chi connectivity index (χ0) is 28.8. The number of para-hydroxylation sites is 3. The maximum absolute atomic E-state index is 6.34. The van der Waals surface area contributed by atoms with Crippen LogP contribution in [0.3, 0.4) is 0 Å². The van der Waals surface area contributed by atoms with Crippen LogP contribution >= 0.6 is 0 Å². The van der Waals surface area contributed by atoms with Crippen LogP contribution in [-0.2, 0) is 0 Å². The number of hydrogen-bond donors (Lipinski definition) is 0. The van der Waals surface area contributed by atoms with E-state index in [-0.39, 0.29) is 0 Å². The summed E-state index contributed by atoms with van der Waals surface area (Å²) in [5, 5.41) is 7.70. The van der Waals surface area contributed by atoms with E-state index < -0.39 is 0 Å². The highest BCUT2D eigenvalue weighted by molar-refractivity contribution is 6.23. The summed E-state index contributed by atoms with van der Waals surface area (Å²) in [6.07, 6.45) is 1.83. The minimum atomic E-state index is 0.616. The first-order chi connectivity index (χ1) is 21.8. The Hall–Kier alpha value is -6.07. The van der Waals surface area contributed by atoms with E-state index in [0.29, 0.717) is 11.8 Å². The molecule has 0 radical (unpaired) electrons. The summed E-state index contributed by atoms with van der Waals surface area (Å²) in [6, 6.07) is 44.2. The number of nitrogens with zero attached hydrogens (tertiary/aromatic N) is 4. The van der Waals surface area contributed by atoms with Crippen molar-refractivity contribution in [2.75, 3.05) is 0 Å². The quantitative estimate of drug-likeness (QED) is 0.210. The Morgan fingerprint density at radius 2 is 1.30 bits per heavy atom. The van der Waals surface area contributed by atoms with Crippen molar-refractivity contribution in [2.45, 2.75) is 0 Å². The van der Waals surface area contributed by atoms with E-state index in [1.807, 2.05) is 24.4 Å². The summed E-state index contributed by atoms with van der Waals surface area (Å²) in [4.78, 5) is 15.3. The fourth-order valence-corrected chi connectivity index (χ4v) is 6.97. The zero-order valence-electron chi connectivity index (χ0n) is 23.4. The lowest BCUT2D eigenvalue weighted by atomic mass is 9.94. The number of fused-ring (bicyclic) bond motifs is 8.